The largest absolute Gasteiger partial charge is 0.363 e. The van der Waals surface area contributed by atoms with Crippen molar-refractivity contribution in [2.45, 2.75) is 26.8 Å². The molecule has 1 aliphatic rings. The molecule has 0 saturated heterocycles. The highest BCUT2D eigenvalue weighted by Crippen LogP contribution is 2.11. The van der Waals surface area contributed by atoms with E-state index in [1.165, 1.54) is 0 Å². The quantitative estimate of drug-likeness (QED) is 0.492. The zero-order valence-electron chi connectivity index (χ0n) is 6.38. The zero-order valence-corrected chi connectivity index (χ0v) is 6.38. The van der Waals surface area contributed by atoms with Crippen LogP contribution in [0.4, 0.5) is 4.79 Å². The Labute approximate surface area is 60.5 Å². The summed E-state index contributed by atoms with van der Waals surface area (Å²) in [5.41, 5.74) is 1.90. The van der Waals surface area contributed by atoms with Gasteiger partial charge in [-0.25, -0.2) is 10.1 Å². The summed E-state index contributed by atoms with van der Waals surface area (Å²) < 4.78 is 0. The van der Waals surface area contributed by atoms with Crippen molar-refractivity contribution in [2.24, 2.45) is 0 Å². The standard InChI is InChI=1S/C7H10N2O/c1-4-5(2)8-7(10)9-6(4)3/h5H,1-3H3. The van der Waals surface area contributed by atoms with E-state index in [1.54, 1.807) is 0 Å². The molecule has 0 bridgehead atoms. The van der Waals surface area contributed by atoms with E-state index in [1.807, 2.05) is 20.8 Å². The van der Waals surface area contributed by atoms with Crippen LogP contribution in [0, 0.1) is 0 Å². The minimum Gasteiger partial charge on any atom is -0.244 e. The van der Waals surface area contributed by atoms with Gasteiger partial charge in [0, 0.05) is 5.70 Å². The third kappa shape index (κ3) is 1.12. The van der Waals surface area contributed by atoms with E-state index in [9.17, 15) is 4.79 Å². The SMILES string of the molecule is CC1=C(C)C(C)[N]C(=O)[N]1. The molecule has 2 amide bonds. The molecule has 10 heavy (non-hydrogen) atoms. The number of urea groups is 1. The predicted octanol–water partition coefficient (Wildman–Crippen LogP) is 1.01. The monoisotopic (exact) mass is 138 g/mol. The first-order chi connectivity index (χ1) is 4.61. The summed E-state index contributed by atoms with van der Waals surface area (Å²) in [5.74, 6) is 0. The Hall–Kier alpha value is -0.990. The molecular formula is C7H10N2O. The van der Waals surface area contributed by atoms with Crippen LogP contribution in [-0.4, -0.2) is 12.1 Å². The van der Waals surface area contributed by atoms with Crippen molar-refractivity contribution >= 4 is 6.03 Å². The molecule has 0 aromatic heterocycles. The Morgan fingerprint density at radius 2 is 2.00 bits per heavy atom. The highest BCUT2D eigenvalue weighted by Gasteiger charge is 2.20. The van der Waals surface area contributed by atoms with Gasteiger partial charge in [0.25, 0.3) is 0 Å². The van der Waals surface area contributed by atoms with Crippen LogP contribution in [-0.2, 0) is 0 Å². The Bertz CT molecular complexity index is 196. The topological polar surface area (TPSA) is 45.3 Å². The molecule has 2 radical (unpaired) electrons. The van der Waals surface area contributed by atoms with Crippen molar-refractivity contribution < 1.29 is 4.79 Å². The first kappa shape index (κ1) is 7.12. The molecular weight excluding hydrogens is 128 g/mol. The molecule has 1 rings (SSSR count). The van der Waals surface area contributed by atoms with Crippen LogP contribution >= 0.6 is 0 Å². The van der Waals surface area contributed by atoms with Gasteiger partial charge in [-0.05, 0) is 26.3 Å². The molecule has 0 fully saturated rings. The van der Waals surface area contributed by atoms with E-state index in [2.05, 4.69) is 10.6 Å². The lowest BCUT2D eigenvalue weighted by Gasteiger charge is -2.18. The summed E-state index contributed by atoms with van der Waals surface area (Å²) in [6.45, 7) is 5.67. The van der Waals surface area contributed by atoms with Gasteiger partial charge in [-0.1, -0.05) is 0 Å². The molecule has 0 saturated carbocycles. The van der Waals surface area contributed by atoms with E-state index < -0.39 is 0 Å². The predicted molar refractivity (Wildman–Crippen MR) is 37.5 cm³/mol. The van der Waals surface area contributed by atoms with Crippen LogP contribution < -0.4 is 10.6 Å². The van der Waals surface area contributed by atoms with Gasteiger partial charge >= 0.3 is 6.03 Å². The van der Waals surface area contributed by atoms with Gasteiger partial charge in [-0.2, -0.15) is 5.32 Å². The van der Waals surface area contributed by atoms with Crippen molar-refractivity contribution in [1.82, 2.24) is 10.6 Å². The second-order valence-electron chi connectivity index (χ2n) is 2.47. The van der Waals surface area contributed by atoms with Gasteiger partial charge in [0.1, 0.15) is 0 Å². The third-order valence-corrected chi connectivity index (χ3v) is 1.76. The second-order valence-corrected chi connectivity index (χ2v) is 2.47. The number of carbonyl (C=O) groups excluding carboxylic acids is 1. The van der Waals surface area contributed by atoms with Crippen LogP contribution in [0.15, 0.2) is 11.3 Å². The number of amides is 2. The first-order valence-electron chi connectivity index (χ1n) is 3.25. The lowest BCUT2D eigenvalue weighted by Crippen LogP contribution is -2.36. The van der Waals surface area contributed by atoms with Crippen LogP contribution in [0.1, 0.15) is 20.8 Å². The van der Waals surface area contributed by atoms with E-state index in [4.69, 9.17) is 0 Å². The summed E-state index contributed by atoms with van der Waals surface area (Å²) >= 11 is 0. The summed E-state index contributed by atoms with van der Waals surface area (Å²) in [4.78, 5) is 10.7. The normalized spacial score (nSPS) is 25.9. The summed E-state index contributed by atoms with van der Waals surface area (Å²) in [5, 5.41) is 7.44. The van der Waals surface area contributed by atoms with Crippen LogP contribution in [0.2, 0.25) is 0 Å². The van der Waals surface area contributed by atoms with Crippen LogP contribution in [0.5, 0.6) is 0 Å². The molecule has 1 aliphatic heterocycles. The summed E-state index contributed by atoms with van der Waals surface area (Å²) in [6, 6.07) is -0.333. The number of nitrogens with zero attached hydrogens (tertiary/aromatic N) is 2. The molecule has 0 N–H and O–H groups in total. The van der Waals surface area contributed by atoms with Crippen molar-refractivity contribution in [1.29, 1.82) is 0 Å². The maximum Gasteiger partial charge on any atom is 0.363 e. The molecule has 0 spiro atoms. The number of carbonyl (C=O) groups is 1. The van der Waals surface area contributed by atoms with E-state index in [0.717, 1.165) is 11.3 Å². The Balaban J connectivity index is 2.84. The molecule has 3 nitrogen and oxygen atoms in total. The van der Waals surface area contributed by atoms with Crippen molar-refractivity contribution in [3.8, 4) is 0 Å². The van der Waals surface area contributed by atoms with Gasteiger partial charge < -0.3 is 0 Å². The fourth-order valence-electron chi connectivity index (χ4n) is 0.825. The highest BCUT2D eigenvalue weighted by molar-refractivity contribution is 5.77. The molecule has 0 aromatic carbocycles. The van der Waals surface area contributed by atoms with Crippen molar-refractivity contribution in [3.05, 3.63) is 11.3 Å². The summed E-state index contributed by atoms with van der Waals surface area (Å²) in [6.07, 6.45) is 0. The minimum absolute atomic E-state index is 0.0185. The number of allylic oxidation sites excluding steroid dienone is 1. The van der Waals surface area contributed by atoms with Gasteiger partial charge in [0.05, 0.1) is 6.04 Å². The van der Waals surface area contributed by atoms with Crippen molar-refractivity contribution in [2.75, 3.05) is 0 Å². The van der Waals surface area contributed by atoms with E-state index in [0.29, 0.717) is 0 Å². The number of hydrogen-bond donors (Lipinski definition) is 0. The molecule has 0 aromatic rings. The molecule has 1 atom stereocenters. The van der Waals surface area contributed by atoms with Gasteiger partial charge in [0.15, 0.2) is 0 Å². The molecule has 3 heteroatoms. The van der Waals surface area contributed by atoms with Crippen molar-refractivity contribution in [3.63, 3.8) is 0 Å². The molecule has 54 valence electrons. The van der Waals surface area contributed by atoms with Gasteiger partial charge in [-0.3, -0.25) is 0 Å². The average Bonchev–Trinajstić information content (AvgIpc) is 1.82. The zero-order chi connectivity index (χ0) is 7.72. The first-order valence-corrected chi connectivity index (χ1v) is 3.25. The third-order valence-electron chi connectivity index (χ3n) is 1.76. The molecule has 0 aliphatic carbocycles. The summed E-state index contributed by atoms with van der Waals surface area (Å²) in [7, 11) is 0. The fourth-order valence-corrected chi connectivity index (χ4v) is 0.825. The van der Waals surface area contributed by atoms with Gasteiger partial charge in [0.2, 0.25) is 0 Å². The Morgan fingerprint density at radius 1 is 1.40 bits per heavy atom. The number of rotatable bonds is 0. The lowest BCUT2D eigenvalue weighted by atomic mass is 10.1. The Kier molecular flexibility index (Phi) is 1.66. The Morgan fingerprint density at radius 3 is 2.50 bits per heavy atom. The molecule has 1 heterocycles. The second kappa shape index (κ2) is 2.33. The van der Waals surface area contributed by atoms with Crippen LogP contribution in [0.3, 0.4) is 0 Å². The average molecular weight is 138 g/mol. The number of hydrogen-bond acceptors (Lipinski definition) is 1. The van der Waals surface area contributed by atoms with E-state index >= 15 is 0 Å². The maximum absolute atomic E-state index is 10.7. The van der Waals surface area contributed by atoms with E-state index in [-0.39, 0.29) is 12.1 Å². The van der Waals surface area contributed by atoms with Crippen LogP contribution in [0.25, 0.3) is 0 Å². The minimum atomic E-state index is -0.351. The van der Waals surface area contributed by atoms with Gasteiger partial charge in [-0.15, -0.1) is 0 Å². The smallest absolute Gasteiger partial charge is 0.244 e. The lowest BCUT2D eigenvalue weighted by molar-refractivity contribution is 0.237. The fraction of sp³-hybridized carbons (Fsp3) is 0.571. The maximum atomic E-state index is 10.7. The highest BCUT2D eigenvalue weighted by atomic mass is 16.2. The molecule has 1 unspecified atom stereocenters.